The van der Waals surface area contributed by atoms with Crippen LogP contribution in [0.5, 0.6) is 0 Å². The molecule has 12 heteroatoms. The molecule has 0 fully saturated rings. The number of carboxylic acids is 1. The van der Waals surface area contributed by atoms with Crippen molar-refractivity contribution in [3.05, 3.63) is 0 Å². The normalized spacial score (nSPS) is 15.8. The Kier molecular flexibility index (Phi) is 12.8. The first-order valence-electron chi connectivity index (χ1n) is 10.1. The van der Waals surface area contributed by atoms with Crippen LogP contribution in [0.2, 0.25) is 0 Å². The number of nitrogens with one attached hydrogen (secondary N) is 3. The van der Waals surface area contributed by atoms with Crippen molar-refractivity contribution in [3.8, 4) is 0 Å². The SMILES string of the molecule is CCC(C)C(NC(=O)C(CC(C)C)NC(=O)C(N)CS)C(=O)NC(CC(N)=O)C(=O)O. The Hall–Kier alpha value is -2.34. The molecular formula is C19H35N5O6S. The topological polar surface area (TPSA) is 194 Å². The summed E-state index contributed by atoms with van der Waals surface area (Å²) >= 11 is 3.97. The lowest BCUT2D eigenvalue weighted by molar-refractivity contribution is -0.144. The molecule has 0 aliphatic rings. The van der Waals surface area contributed by atoms with E-state index in [1.54, 1.807) is 13.8 Å². The van der Waals surface area contributed by atoms with E-state index in [4.69, 9.17) is 11.5 Å². The molecule has 31 heavy (non-hydrogen) atoms. The van der Waals surface area contributed by atoms with Crippen LogP contribution in [0.4, 0.5) is 0 Å². The average Bonchev–Trinajstić information content (AvgIpc) is 2.68. The van der Waals surface area contributed by atoms with Gasteiger partial charge in [-0.3, -0.25) is 19.2 Å². The van der Waals surface area contributed by atoms with Gasteiger partial charge in [-0.25, -0.2) is 4.79 Å². The summed E-state index contributed by atoms with van der Waals surface area (Å²) in [5, 5.41) is 16.6. The van der Waals surface area contributed by atoms with Gasteiger partial charge in [-0.2, -0.15) is 12.6 Å². The molecule has 0 saturated carbocycles. The number of hydrogen-bond acceptors (Lipinski definition) is 7. The largest absolute Gasteiger partial charge is 0.480 e. The molecule has 0 spiro atoms. The van der Waals surface area contributed by atoms with Crippen LogP contribution in [0.1, 0.15) is 47.0 Å². The molecule has 5 unspecified atom stereocenters. The Balaban J connectivity index is 5.54. The number of hydrogen-bond donors (Lipinski definition) is 7. The molecule has 0 aromatic carbocycles. The molecular weight excluding hydrogens is 426 g/mol. The molecule has 11 nitrogen and oxygen atoms in total. The van der Waals surface area contributed by atoms with Gasteiger partial charge >= 0.3 is 5.97 Å². The second-order valence-corrected chi connectivity index (χ2v) is 8.29. The molecule has 8 N–H and O–H groups in total. The minimum Gasteiger partial charge on any atom is -0.480 e. The zero-order chi connectivity index (χ0) is 24.3. The highest BCUT2D eigenvalue weighted by atomic mass is 32.1. The number of aliphatic carboxylic acids is 1. The van der Waals surface area contributed by atoms with Gasteiger partial charge in [0.2, 0.25) is 23.6 Å². The van der Waals surface area contributed by atoms with Crippen LogP contribution in [0.3, 0.4) is 0 Å². The van der Waals surface area contributed by atoms with Crippen LogP contribution in [0.25, 0.3) is 0 Å². The summed E-state index contributed by atoms with van der Waals surface area (Å²) in [7, 11) is 0. The van der Waals surface area contributed by atoms with E-state index in [0.717, 1.165) is 0 Å². The quantitative estimate of drug-likeness (QED) is 0.157. The highest BCUT2D eigenvalue weighted by molar-refractivity contribution is 7.80. The van der Waals surface area contributed by atoms with Gasteiger partial charge in [-0.15, -0.1) is 0 Å². The molecule has 5 atom stereocenters. The Morgan fingerprint density at radius 2 is 1.48 bits per heavy atom. The number of amides is 4. The molecule has 0 heterocycles. The van der Waals surface area contributed by atoms with Gasteiger partial charge < -0.3 is 32.5 Å². The third kappa shape index (κ3) is 10.5. The van der Waals surface area contributed by atoms with Crippen molar-refractivity contribution in [1.82, 2.24) is 16.0 Å². The first-order valence-corrected chi connectivity index (χ1v) is 10.8. The molecule has 4 amide bonds. The van der Waals surface area contributed by atoms with E-state index in [2.05, 4.69) is 28.6 Å². The fourth-order valence-electron chi connectivity index (χ4n) is 2.68. The Morgan fingerprint density at radius 1 is 0.935 bits per heavy atom. The predicted molar refractivity (Wildman–Crippen MR) is 118 cm³/mol. The van der Waals surface area contributed by atoms with Gasteiger partial charge in [0.1, 0.15) is 18.1 Å². The van der Waals surface area contributed by atoms with Crippen LogP contribution < -0.4 is 27.4 Å². The number of primary amides is 1. The minimum atomic E-state index is -1.52. The van der Waals surface area contributed by atoms with E-state index >= 15 is 0 Å². The molecule has 0 aliphatic heterocycles. The highest BCUT2D eigenvalue weighted by Gasteiger charge is 2.33. The van der Waals surface area contributed by atoms with Crippen molar-refractivity contribution in [2.75, 3.05) is 5.75 Å². The molecule has 0 saturated heterocycles. The minimum absolute atomic E-state index is 0.0473. The molecule has 0 radical (unpaired) electrons. The summed E-state index contributed by atoms with van der Waals surface area (Å²) in [6, 6.07) is -4.45. The molecule has 178 valence electrons. The lowest BCUT2D eigenvalue weighted by Gasteiger charge is -2.28. The predicted octanol–water partition coefficient (Wildman–Crippen LogP) is -1.25. The number of carbonyl (C=O) groups excluding carboxylic acids is 4. The smallest absolute Gasteiger partial charge is 0.326 e. The van der Waals surface area contributed by atoms with Gasteiger partial charge in [0.25, 0.3) is 0 Å². The van der Waals surface area contributed by atoms with Gasteiger partial charge in [0, 0.05) is 5.75 Å². The van der Waals surface area contributed by atoms with E-state index < -0.39 is 60.2 Å². The van der Waals surface area contributed by atoms with Crippen LogP contribution in [0.15, 0.2) is 0 Å². The summed E-state index contributed by atoms with van der Waals surface area (Å²) in [4.78, 5) is 60.2. The zero-order valence-electron chi connectivity index (χ0n) is 18.4. The Labute approximate surface area is 187 Å². The average molecular weight is 462 g/mol. The maximum absolute atomic E-state index is 12.9. The summed E-state index contributed by atoms with van der Waals surface area (Å²) in [6.07, 6.45) is 0.207. The summed E-state index contributed by atoms with van der Waals surface area (Å²) in [5.74, 6) is -4.45. The maximum atomic E-state index is 12.9. The van der Waals surface area contributed by atoms with Crippen molar-refractivity contribution in [2.45, 2.75) is 71.1 Å². The summed E-state index contributed by atoms with van der Waals surface area (Å²) < 4.78 is 0. The van der Waals surface area contributed by atoms with Gasteiger partial charge in [0.15, 0.2) is 0 Å². The second-order valence-electron chi connectivity index (χ2n) is 7.92. The van der Waals surface area contributed by atoms with Gasteiger partial charge in [-0.1, -0.05) is 34.1 Å². The molecule has 0 aromatic heterocycles. The van der Waals surface area contributed by atoms with Crippen LogP contribution in [0, 0.1) is 11.8 Å². The van der Waals surface area contributed by atoms with Crippen molar-refractivity contribution in [1.29, 1.82) is 0 Å². The monoisotopic (exact) mass is 461 g/mol. The molecule has 0 bridgehead atoms. The van der Waals surface area contributed by atoms with Crippen molar-refractivity contribution in [3.63, 3.8) is 0 Å². The second kappa shape index (κ2) is 13.9. The van der Waals surface area contributed by atoms with E-state index in [1.165, 1.54) is 0 Å². The van der Waals surface area contributed by atoms with Crippen molar-refractivity contribution < 1.29 is 29.1 Å². The molecule has 0 rings (SSSR count). The van der Waals surface area contributed by atoms with Gasteiger partial charge in [0.05, 0.1) is 12.5 Å². The van der Waals surface area contributed by atoms with Crippen LogP contribution in [-0.4, -0.2) is 64.6 Å². The fraction of sp³-hybridized carbons (Fsp3) is 0.737. The highest BCUT2D eigenvalue weighted by Crippen LogP contribution is 2.11. The standard InChI is InChI=1S/C19H35N5O6S/c1-5-10(4)15(18(28)23-13(19(29)30)7-14(21)25)24-17(27)12(6-9(2)3)22-16(26)11(20)8-31/h9-13,15,31H,5-8,20H2,1-4H3,(H2,21,25)(H,22,26)(H,23,28)(H,24,27)(H,29,30). The maximum Gasteiger partial charge on any atom is 0.326 e. The third-order valence-corrected chi connectivity index (χ3v) is 5.08. The fourth-order valence-corrected chi connectivity index (χ4v) is 2.85. The number of carbonyl (C=O) groups is 5. The Morgan fingerprint density at radius 3 is 1.90 bits per heavy atom. The number of rotatable bonds is 14. The van der Waals surface area contributed by atoms with E-state index in [9.17, 15) is 29.1 Å². The number of carboxylic acid groups (broad SMARTS) is 1. The molecule has 0 aliphatic carbocycles. The lowest BCUT2D eigenvalue weighted by Crippen LogP contribution is -2.59. The van der Waals surface area contributed by atoms with E-state index in [1.807, 2.05) is 13.8 Å². The first kappa shape index (κ1) is 28.7. The Bertz CT molecular complexity index is 660. The van der Waals surface area contributed by atoms with Crippen molar-refractivity contribution in [2.24, 2.45) is 23.3 Å². The van der Waals surface area contributed by atoms with Crippen molar-refractivity contribution >= 4 is 42.2 Å². The lowest BCUT2D eigenvalue weighted by atomic mass is 9.96. The molecule has 0 aromatic rings. The van der Waals surface area contributed by atoms with E-state index in [-0.39, 0.29) is 17.6 Å². The number of nitrogens with two attached hydrogens (primary N) is 2. The first-order chi connectivity index (χ1) is 14.3. The van der Waals surface area contributed by atoms with Crippen LogP contribution in [-0.2, 0) is 24.0 Å². The number of thiol groups is 1. The van der Waals surface area contributed by atoms with Gasteiger partial charge in [-0.05, 0) is 18.3 Å². The zero-order valence-corrected chi connectivity index (χ0v) is 19.3. The third-order valence-electron chi connectivity index (χ3n) is 4.69. The van der Waals surface area contributed by atoms with E-state index in [0.29, 0.717) is 12.8 Å². The summed E-state index contributed by atoms with van der Waals surface area (Å²) in [6.45, 7) is 7.24. The van der Waals surface area contributed by atoms with Crippen LogP contribution >= 0.6 is 12.6 Å². The summed E-state index contributed by atoms with van der Waals surface area (Å²) in [5.41, 5.74) is 10.7.